The Morgan fingerprint density at radius 2 is 2.14 bits per heavy atom. The van der Waals surface area contributed by atoms with E-state index in [0.717, 1.165) is 16.2 Å². The maximum Gasteiger partial charge on any atom is 0.353 e. The van der Waals surface area contributed by atoms with E-state index in [-0.39, 0.29) is 32.9 Å². The first-order valence-electron chi connectivity index (χ1n) is 7.71. The molecule has 2 atom stereocenters. The molecule has 3 heterocycles. The minimum atomic E-state index is -1.33. The summed E-state index contributed by atoms with van der Waals surface area (Å²) in [6.07, 6.45) is 0.755. The smallest absolute Gasteiger partial charge is 0.353 e. The molecule has 2 aliphatic heterocycles. The van der Waals surface area contributed by atoms with Crippen LogP contribution >= 0.6 is 34.7 Å². The first-order chi connectivity index (χ1) is 13.2. The number of carboxylic acids is 2. The normalized spacial score (nSPS) is 21.8. The molecule has 5 N–H and O–H groups in total. The zero-order chi connectivity index (χ0) is 20.6. The number of fused-ring (bicyclic) bond motifs is 1. The summed E-state index contributed by atoms with van der Waals surface area (Å²) in [7, 11) is 0. The van der Waals surface area contributed by atoms with Gasteiger partial charge in [-0.05, 0) is 0 Å². The van der Waals surface area contributed by atoms with Crippen molar-refractivity contribution in [3.63, 3.8) is 0 Å². The van der Waals surface area contributed by atoms with Gasteiger partial charge in [0.15, 0.2) is 5.13 Å². The number of anilines is 1. The van der Waals surface area contributed by atoms with Gasteiger partial charge in [0.1, 0.15) is 17.1 Å². The molecule has 0 bridgehead atoms. The van der Waals surface area contributed by atoms with Crippen LogP contribution in [0.4, 0.5) is 5.13 Å². The van der Waals surface area contributed by atoms with Crippen LogP contribution in [0.25, 0.3) is 5.57 Å². The third-order valence-electron chi connectivity index (χ3n) is 3.93. The van der Waals surface area contributed by atoms with Crippen LogP contribution in [0.5, 0.6) is 0 Å². The lowest BCUT2D eigenvalue weighted by molar-refractivity contribution is -0.150. The summed E-state index contributed by atoms with van der Waals surface area (Å²) >= 11 is 8.20. The topological polar surface area (TPSA) is 163 Å². The lowest BCUT2D eigenvalue weighted by atomic mass is 10.0. The lowest BCUT2D eigenvalue weighted by Crippen LogP contribution is -2.70. The highest BCUT2D eigenvalue weighted by atomic mass is 35.5. The molecule has 2 aliphatic rings. The number of halogens is 1. The van der Waals surface area contributed by atoms with Gasteiger partial charge in [-0.25, -0.2) is 9.78 Å². The number of nitrogen functional groups attached to an aromatic ring is 1. The average molecular weight is 445 g/mol. The molecule has 0 aliphatic carbocycles. The van der Waals surface area contributed by atoms with Crippen molar-refractivity contribution in [2.75, 3.05) is 11.5 Å². The van der Waals surface area contributed by atoms with Gasteiger partial charge in [0.25, 0.3) is 11.8 Å². The molecule has 0 unspecified atom stereocenters. The molecule has 0 saturated carbocycles. The fourth-order valence-electron chi connectivity index (χ4n) is 2.72. The van der Waals surface area contributed by atoms with Crippen LogP contribution in [-0.4, -0.2) is 61.0 Å². The third-order valence-corrected chi connectivity index (χ3v) is 6.36. The van der Waals surface area contributed by atoms with Crippen molar-refractivity contribution in [1.29, 1.82) is 0 Å². The van der Waals surface area contributed by atoms with Gasteiger partial charge in [-0.1, -0.05) is 17.7 Å². The fourth-order valence-corrected chi connectivity index (χ4v) is 4.83. The minimum Gasteiger partial charge on any atom is -0.481 e. The molecule has 1 aromatic rings. The summed E-state index contributed by atoms with van der Waals surface area (Å²) in [6, 6.07) is -0.971. The second-order valence-corrected chi connectivity index (χ2v) is 8.16. The molecule has 0 aromatic carbocycles. The Labute approximate surface area is 171 Å². The van der Waals surface area contributed by atoms with Crippen molar-refractivity contribution in [3.05, 3.63) is 27.9 Å². The van der Waals surface area contributed by atoms with E-state index in [4.69, 9.17) is 22.4 Å². The fraction of sp³-hybridized carbons (Fsp3) is 0.267. The number of aliphatic carboxylic acids is 2. The predicted octanol–water partition coefficient (Wildman–Crippen LogP) is 0.518. The van der Waals surface area contributed by atoms with Crippen LogP contribution in [0.2, 0.25) is 0 Å². The van der Waals surface area contributed by atoms with Gasteiger partial charge < -0.3 is 21.3 Å². The zero-order valence-electron chi connectivity index (χ0n) is 13.9. The van der Waals surface area contributed by atoms with E-state index in [0.29, 0.717) is 0 Å². The summed E-state index contributed by atoms with van der Waals surface area (Å²) in [5, 5.41) is 21.8. The molecule has 2 amide bonds. The first-order valence-corrected chi connectivity index (χ1v) is 10.0. The van der Waals surface area contributed by atoms with Crippen LogP contribution in [0.1, 0.15) is 12.1 Å². The summed E-state index contributed by atoms with van der Waals surface area (Å²) in [5.74, 6) is -3.60. The first kappa shape index (κ1) is 20.2. The molecule has 1 aromatic heterocycles. The molecule has 0 radical (unpaired) electrons. The summed E-state index contributed by atoms with van der Waals surface area (Å²) in [5.41, 5.74) is 5.43. The molecular formula is C15H13ClN4O6S2. The van der Waals surface area contributed by atoms with E-state index < -0.39 is 41.6 Å². The van der Waals surface area contributed by atoms with Crippen molar-refractivity contribution < 1.29 is 29.4 Å². The standard InChI is InChI=1S/C15H13ClN4O6S2/c16-6-3-27-13-9(12(24)20(13)10(6)14(25)26)19-11(23)5(1-2-8(21)22)7-4-28-15(17)18-7/h1,4,9,13H,2-3H2,(H2,17,18)(H,19,23)(H,21,22)(H,25,26)/t9-,13+/m1/s1. The molecule has 0 spiro atoms. The second-order valence-electron chi connectivity index (χ2n) is 5.71. The number of carboxylic acid groups (broad SMARTS) is 2. The number of β-lactam (4-membered cyclic amide) rings is 1. The Bertz CT molecular complexity index is 943. The number of amides is 2. The van der Waals surface area contributed by atoms with Crippen LogP contribution in [0.15, 0.2) is 22.2 Å². The van der Waals surface area contributed by atoms with E-state index in [1.54, 1.807) is 0 Å². The number of thioether (sulfide) groups is 1. The summed E-state index contributed by atoms with van der Waals surface area (Å²) in [4.78, 5) is 52.3. The van der Waals surface area contributed by atoms with E-state index in [1.807, 2.05) is 0 Å². The number of carbonyl (C=O) groups is 4. The van der Waals surface area contributed by atoms with Crippen molar-refractivity contribution in [1.82, 2.24) is 15.2 Å². The van der Waals surface area contributed by atoms with Gasteiger partial charge in [0, 0.05) is 11.1 Å². The lowest BCUT2D eigenvalue weighted by Gasteiger charge is -2.48. The number of nitrogens with zero attached hydrogens (tertiary/aromatic N) is 2. The molecular weight excluding hydrogens is 432 g/mol. The molecule has 13 heteroatoms. The van der Waals surface area contributed by atoms with Crippen LogP contribution in [0.3, 0.4) is 0 Å². The second kappa shape index (κ2) is 7.81. The van der Waals surface area contributed by atoms with E-state index in [1.165, 1.54) is 23.2 Å². The van der Waals surface area contributed by atoms with Gasteiger partial charge in [-0.2, -0.15) is 0 Å². The third kappa shape index (κ3) is 3.70. The van der Waals surface area contributed by atoms with Crippen molar-refractivity contribution in [3.8, 4) is 0 Å². The number of hydrogen-bond donors (Lipinski definition) is 4. The number of nitrogens with one attached hydrogen (secondary N) is 1. The summed E-state index contributed by atoms with van der Waals surface area (Å²) in [6.45, 7) is 0. The number of aromatic nitrogens is 1. The van der Waals surface area contributed by atoms with Gasteiger partial charge in [-0.3, -0.25) is 19.3 Å². The Morgan fingerprint density at radius 3 is 2.71 bits per heavy atom. The molecule has 148 valence electrons. The highest BCUT2D eigenvalue weighted by Crippen LogP contribution is 2.41. The van der Waals surface area contributed by atoms with Crippen molar-refractivity contribution in [2.45, 2.75) is 17.8 Å². The van der Waals surface area contributed by atoms with Crippen LogP contribution in [0, 0.1) is 0 Å². The predicted molar refractivity (Wildman–Crippen MR) is 102 cm³/mol. The minimum absolute atomic E-state index is 0.0329. The van der Waals surface area contributed by atoms with E-state index >= 15 is 0 Å². The van der Waals surface area contributed by atoms with Gasteiger partial charge >= 0.3 is 11.9 Å². The van der Waals surface area contributed by atoms with Crippen LogP contribution < -0.4 is 11.1 Å². The molecule has 10 nitrogen and oxygen atoms in total. The Hall–Kier alpha value is -2.57. The van der Waals surface area contributed by atoms with Gasteiger partial charge in [0.05, 0.1) is 22.7 Å². The van der Waals surface area contributed by atoms with Crippen molar-refractivity contribution >= 4 is 69.2 Å². The summed E-state index contributed by atoms with van der Waals surface area (Å²) < 4.78 is 0. The molecule has 3 rings (SSSR count). The van der Waals surface area contributed by atoms with E-state index in [2.05, 4.69) is 10.3 Å². The number of nitrogens with two attached hydrogens (primary N) is 1. The number of rotatable bonds is 6. The Kier molecular flexibility index (Phi) is 5.63. The maximum absolute atomic E-state index is 12.7. The highest BCUT2D eigenvalue weighted by Gasteiger charge is 2.54. The van der Waals surface area contributed by atoms with Crippen LogP contribution in [-0.2, 0) is 19.2 Å². The van der Waals surface area contributed by atoms with Crippen molar-refractivity contribution in [2.24, 2.45) is 0 Å². The van der Waals surface area contributed by atoms with Gasteiger partial charge in [0.2, 0.25) is 0 Å². The zero-order valence-corrected chi connectivity index (χ0v) is 16.3. The Morgan fingerprint density at radius 1 is 1.43 bits per heavy atom. The molecule has 28 heavy (non-hydrogen) atoms. The largest absolute Gasteiger partial charge is 0.481 e. The number of carbonyl (C=O) groups excluding carboxylic acids is 2. The quantitative estimate of drug-likeness (QED) is 0.361. The van der Waals surface area contributed by atoms with Gasteiger partial charge in [-0.15, -0.1) is 23.1 Å². The SMILES string of the molecule is Nc1nc(C(=CCC(=O)O)C(=O)N[C@@H]2C(=O)N3C(C(=O)O)=C(Cl)CS[C@@H]23)cs1. The molecule has 1 saturated heterocycles. The maximum atomic E-state index is 12.7. The number of hydrogen-bond acceptors (Lipinski definition) is 8. The van der Waals surface area contributed by atoms with E-state index in [9.17, 15) is 24.3 Å². The number of thiazole rings is 1. The Balaban J connectivity index is 1.80. The molecule has 1 fully saturated rings. The average Bonchev–Trinajstić information content (AvgIpc) is 3.05. The highest BCUT2D eigenvalue weighted by molar-refractivity contribution is 8.00. The monoisotopic (exact) mass is 444 g/mol.